The summed E-state index contributed by atoms with van der Waals surface area (Å²) < 4.78 is 42.8. The van der Waals surface area contributed by atoms with Gasteiger partial charge in [-0.25, -0.2) is 4.98 Å². The number of rotatable bonds is 6. The number of hydrogen-bond acceptors (Lipinski definition) is 5. The monoisotopic (exact) mass is 344 g/mol. The summed E-state index contributed by atoms with van der Waals surface area (Å²) in [6.07, 6.45) is -3.58. The van der Waals surface area contributed by atoms with E-state index >= 15 is 0 Å². The van der Waals surface area contributed by atoms with Gasteiger partial charge >= 0.3 is 6.18 Å². The number of aromatic nitrogens is 2. The van der Waals surface area contributed by atoms with Gasteiger partial charge in [0, 0.05) is 24.5 Å². The van der Waals surface area contributed by atoms with Crippen LogP contribution in [0.4, 0.5) is 18.3 Å². The Morgan fingerprint density at radius 3 is 2.61 bits per heavy atom. The number of hydrogen-bond donors (Lipinski definition) is 1. The first kappa shape index (κ1) is 17.7. The minimum absolute atomic E-state index is 0.203. The molecule has 1 aromatic heterocycles. The molecule has 1 aromatic carbocycles. The Morgan fingerprint density at radius 2 is 2.04 bits per heavy atom. The lowest BCUT2D eigenvalue weighted by atomic mass is 10.0. The molecule has 1 atom stereocenters. The SMILES string of the molecule is CCc1nsc(NCC(c2cccc(C(F)(F)F)c2)N(C)C)n1. The lowest BCUT2D eigenvalue weighted by Crippen LogP contribution is -2.27. The fraction of sp³-hybridized carbons (Fsp3) is 0.467. The minimum Gasteiger partial charge on any atom is -0.358 e. The van der Waals surface area contributed by atoms with E-state index in [1.807, 2.05) is 25.9 Å². The van der Waals surface area contributed by atoms with Crippen LogP contribution in [0.2, 0.25) is 0 Å². The summed E-state index contributed by atoms with van der Waals surface area (Å²) in [5.41, 5.74) is -0.0245. The van der Waals surface area contributed by atoms with Gasteiger partial charge in [-0.1, -0.05) is 19.1 Å². The van der Waals surface area contributed by atoms with Crippen LogP contribution in [0.1, 0.15) is 29.9 Å². The first-order valence-electron chi connectivity index (χ1n) is 7.21. The van der Waals surface area contributed by atoms with Gasteiger partial charge in [-0.05, 0) is 31.8 Å². The molecule has 0 radical (unpaired) electrons. The van der Waals surface area contributed by atoms with E-state index in [0.717, 1.165) is 18.3 Å². The van der Waals surface area contributed by atoms with Crippen LogP contribution in [0.5, 0.6) is 0 Å². The van der Waals surface area contributed by atoms with Crippen molar-refractivity contribution in [2.75, 3.05) is 26.0 Å². The second-order valence-electron chi connectivity index (χ2n) is 5.35. The van der Waals surface area contributed by atoms with Crippen molar-refractivity contribution in [1.29, 1.82) is 0 Å². The van der Waals surface area contributed by atoms with Gasteiger partial charge < -0.3 is 10.2 Å². The van der Waals surface area contributed by atoms with Crippen LogP contribution in [0.15, 0.2) is 24.3 Å². The van der Waals surface area contributed by atoms with E-state index in [0.29, 0.717) is 17.2 Å². The number of benzene rings is 1. The maximum absolute atomic E-state index is 12.9. The van der Waals surface area contributed by atoms with Crippen LogP contribution in [-0.2, 0) is 12.6 Å². The van der Waals surface area contributed by atoms with E-state index in [1.165, 1.54) is 23.7 Å². The minimum atomic E-state index is -4.34. The van der Waals surface area contributed by atoms with E-state index in [-0.39, 0.29) is 6.04 Å². The van der Waals surface area contributed by atoms with E-state index in [4.69, 9.17) is 0 Å². The normalized spacial score (nSPS) is 13.3. The Morgan fingerprint density at radius 1 is 1.30 bits per heavy atom. The maximum atomic E-state index is 12.9. The summed E-state index contributed by atoms with van der Waals surface area (Å²) in [5, 5.41) is 3.84. The Kier molecular flexibility index (Phi) is 5.59. The lowest BCUT2D eigenvalue weighted by Gasteiger charge is -2.25. The lowest BCUT2D eigenvalue weighted by molar-refractivity contribution is -0.137. The van der Waals surface area contributed by atoms with E-state index < -0.39 is 11.7 Å². The summed E-state index contributed by atoms with van der Waals surface area (Å²) in [5.74, 6) is 0.762. The van der Waals surface area contributed by atoms with E-state index in [2.05, 4.69) is 14.7 Å². The van der Waals surface area contributed by atoms with Gasteiger partial charge in [-0.15, -0.1) is 0 Å². The molecule has 0 saturated carbocycles. The standard InChI is InChI=1S/C15H19F3N4S/c1-4-13-20-14(23-21-13)19-9-12(22(2)3)10-6-5-7-11(8-10)15(16,17)18/h5-8,12H,4,9H2,1-3H3,(H,19,20,21). The highest BCUT2D eigenvalue weighted by molar-refractivity contribution is 7.09. The predicted octanol–water partition coefficient (Wildman–Crippen LogP) is 3.83. The topological polar surface area (TPSA) is 41.1 Å². The van der Waals surface area contributed by atoms with Crippen LogP contribution in [0.25, 0.3) is 0 Å². The zero-order valence-electron chi connectivity index (χ0n) is 13.2. The number of nitrogens with zero attached hydrogens (tertiary/aromatic N) is 3. The highest BCUT2D eigenvalue weighted by atomic mass is 32.1. The molecule has 2 aromatic rings. The summed E-state index contributed by atoms with van der Waals surface area (Å²) in [4.78, 5) is 6.19. The van der Waals surface area contributed by atoms with Gasteiger partial charge in [0.1, 0.15) is 5.82 Å². The van der Waals surface area contributed by atoms with E-state index in [9.17, 15) is 13.2 Å². The van der Waals surface area contributed by atoms with Crippen molar-refractivity contribution in [1.82, 2.24) is 14.3 Å². The molecular formula is C15H19F3N4S. The van der Waals surface area contributed by atoms with Crippen LogP contribution in [-0.4, -0.2) is 34.9 Å². The van der Waals surface area contributed by atoms with Crippen molar-refractivity contribution in [3.63, 3.8) is 0 Å². The summed E-state index contributed by atoms with van der Waals surface area (Å²) >= 11 is 1.26. The van der Waals surface area contributed by atoms with Crippen molar-refractivity contribution in [2.24, 2.45) is 0 Å². The fourth-order valence-electron chi connectivity index (χ4n) is 2.17. The molecule has 0 fully saturated rings. The first-order valence-corrected chi connectivity index (χ1v) is 7.98. The predicted molar refractivity (Wildman–Crippen MR) is 85.6 cm³/mol. The molecule has 8 heteroatoms. The summed E-state index contributed by atoms with van der Waals surface area (Å²) in [6, 6.07) is 5.23. The number of nitrogens with one attached hydrogen (secondary N) is 1. The Hall–Kier alpha value is -1.67. The summed E-state index contributed by atoms with van der Waals surface area (Å²) in [6.45, 7) is 2.42. The molecule has 0 amide bonds. The third kappa shape index (κ3) is 4.65. The van der Waals surface area contributed by atoms with Gasteiger partial charge in [0.05, 0.1) is 11.6 Å². The number of halogens is 3. The average molecular weight is 344 g/mol. The molecular weight excluding hydrogens is 325 g/mol. The van der Waals surface area contributed by atoms with E-state index in [1.54, 1.807) is 6.07 Å². The first-order chi connectivity index (χ1) is 10.8. The molecule has 1 unspecified atom stereocenters. The molecule has 0 aliphatic rings. The molecule has 0 spiro atoms. The zero-order chi connectivity index (χ0) is 17.0. The van der Waals surface area contributed by atoms with Crippen molar-refractivity contribution in [2.45, 2.75) is 25.6 Å². The van der Waals surface area contributed by atoms with Gasteiger partial charge in [0.2, 0.25) is 5.13 Å². The number of likely N-dealkylation sites (N-methyl/N-ethyl adjacent to an activating group) is 1. The third-order valence-electron chi connectivity index (χ3n) is 3.45. The fourth-order valence-corrected chi connectivity index (χ4v) is 2.83. The van der Waals surface area contributed by atoms with Crippen LogP contribution in [0, 0.1) is 0 Å². The molecule has 0 bridgehead atoms. The average Bonchev–Trinajstić information content (AvgIpc) is 2.94. The molecule has 0 saturated heterocycles. The van der Waals surface area contributed by atoms with Gasteiger partial charge in [0.25, 0.3) is 0 Å². The Labute approximate surface area is 137 Å². The highest BCUT2D eigenvalue weighted by Crippen LogP contribution is 2.31. The Bertz CT molecular complexity index is 640. The molecule has 23 heavy (non-hydrogen) atoms. The molecule has 1 N–H and O–H groups in total. The summed E-state index contributed by atoms with van der Waals surface area (Å²) in [7, 11) is 3.67. The van der Waals surface area contributed by atoms with Crippen molar-refractivity contribution < 1.29 is 13.2 Å². The number of alkyl halides is 3. The maximum Gasteiger partial charge on any atom is 0.416 e. The van der Waals surface area contributed by atoms with Gasteiger partial charge in [-0.2, -0.15) is 17.5 Å². The number of aryl methyl sites for hydroxylation is 1. The molecule has 0 aliphatic heterocycles. The van der Waals surface area contributed by atoms with Crippen molar-refractivity contribution in [3.8, 4) is 0 Å². The van der Waals surface area contributed by atoms with Crippen LogP contribution in [0.3, 0.4) is 0 Å². The Balaban J connectivity index is 2.15. The highest BCUT2D eigenvalue weighted by Gasteiger charge is 2.31. The second kappa shape index (κ2) is 7.27. The smallest absolute Gasteiger partial charge is 0.358 e. The van der Waals surface area contributed by atoms with Crippen LogP contribution >= 0.6 is 11.5 Å². The quantitative estimate of drug-likeness (QED) is 0.865. The van der Waals surface area contributed by atoms with Gasteiger partial charge in [0.15, 0.2) is 0 Å². The van der Waals surface area contributed by atoms with Gasteiger partial charge in [-0.3, -0.25) is 0 Å². The second-order valence-corrected chi connectivity index (χ2v) is 6.10. The third-order valence-corrected chi connectivity index (χ3v) is 4.16. The number of anilines is 1. The van der Waals surface area contributed by atoms with Crippen LogP contribution < -0.4 is 5.32 Å². The zero-order valence-corrected chi connectivity index (χ0v) is 14.0. The molecule has 126 valence electrons. The van der Waals surface area contributed by atoms with Crippen molar-refractivity contribution in [3.05, 3.63) is 41.2 Å². The molecule has 2 rings (SSSR count). The molecule has 1 heterocycles. The molecule has 4 nitrogen and oxygen atoms in total. The largest absolute Gasteiger partial charge is 0.416 e. The molecule has 0 aliphatic carbocycles. The van der Waals surface area contributed by atoms with Crippen molar-refractivity contribution >= 4 is 16.7 Å².